The molecule has 1 fully saturated rings. The van der Waals surface area contributed by atoms with E-state index in [1.807, 2.05) is 18.2 Å². The average Bonchev–Trinajstić information content (AvgIpc) is 2.98. The van der Waals surface area contributed by atoms with Crippen LogP contribution in [0.15, 0.2) is 24.3 Å². The second kappa shape index (κ2) is 3.91. The fourth-order valence-corrected chi connectivity index (χ4v) is 1.74. The number of nitrogens with zero attached hydrogens (tertiary/aromatic N) is 1. The molecule has 1 aromatic carbocycles. The van der Waals surface area contributed by atoms with E-state index in [0.717, 1.165) is 23.8 Å². The Balaban J connectivity index is 1.95. The maximum Gasteiger partial charge on any atom is 0.0597 e. The van der Waals surface area contributed by atoms with Gasteiger partial charge in [-0.3, -0.25) is 0 Å². The minimum absolute atomic E-state index is 0.880. The van der Waals surface area contributed by atoms with E-state index in [4.69, 9.17) is 5.73 Å². The standard InChI is InChI=1S/C12H18N2/c1-14(9-8-10-6-7-10)12-5-3-2-4-11(12)13/h2-5,10H,6-9,13H2,1H3. The van der Waals surface area contributed by atoms with Gasteiger partial charge in [0.15, 0.2) is 0 Å². The maximum absolute atomic E-state index is 5.90. The molecule has 0 radical (unpaired) electrons. The second-order valence-corrected chi connectivity index (χ2v) is 4.21. The topological polar surface area (TPSA) is 29.3 Å². The van der Waals surface area contributed by atoms with Gasteiger partial charge in [-0.15, -0.1) is 0 Å². The lowest BCUT2D eigenvalue weighted by Gasteiger charge is -2.20. The minimum Gasteiger partial charge on any atom is -0.397 e. The highest BCUT2D eigenvalue weighted by Crippen LogP contribution is 2.33. The highest BCUT2D eigenvalue weighted by molar-refractivity contribution is 5.66. The first-order valence-electron chi connectivity index (χ1n) is 5.33. The molecule has 2 rings (SSSR count). The molecule has 1 saturated carbocycles. The van der Waals surface area contributed by atoms with Crippen LogP contribution in [0.5, 0.6) is 0 Å². The number of hydrogen-bond acceptors (Lipinski definition) is 2. The number of rotatable bonds is 4. The normalized spacial score (nSPS) is 15.5. The molecular weight excluding hydrogens is 172 g/mol. The Morgan fingerprint density at radius 2 is 2.07 bits per heavy atom. The summed E-state index contributed by atoms with van der Waals surface area (Å²) in [6, 6.07) is 8.07. The summed E-state index contributed by atoms with van der Waals surface area (Å²) in [5.41, 5.74) is 7.94. The summed E-state index contributed by atoms with van der Waals surface area (Å²) < 4.78 is 0. The molecule has 0 bridgehead atoms. The zero-order valence-electron chi connectivity index (χ0n) is 8.74. The Bertz CT molecular complexity index is 305. The van der Waals surface area contributed by atoms with Gasteiger partial charge >= 0.3 is 0 Å². The van der Waals surface area contributed by atoms with Crippen LogP contribution < -0.4 is 10.6 Å². The molecule has 2 N–H and O–H groups in total. The molecule has 0 amide bonds. The average molecular weight is 190 g/mol. The third-order valence-electron chi connectivity index (χ3n) is 2.92. The SMILES string of the molecule is CN(CCC1CC1)c1ccccc1N. The predicted octanol–water partition coefficient (Wildman–Crippen LogP) is 2.51. The molecule has 0 heterocycles. The molecule has 1 aliphatic carbocycles. The molecule has 0 saturated heterocycles. The molecule has 0 unspecified atom stereocenters. The minimum atomic E-state index is 0.880. The van der Waals surface area contributed by atoms with Crippen LogP contribution in [0.2, 0.25) is 0 Å². The molecule has 0 atom stereocenters. The van der Waals surface area contributed by atoms with Crippen molar-refractivity contribution < 1.29 is 0 Å². The smallest absolute Gasteiger partial charge is 0.0597 e. The molecule has 76 valence electrons. The van der Waals surface area contributed by atoms with Gasteiger partial charge in [0.1, 0.15) is 0 Å². The Morgan fingerprint density at radius 1 is 1.36 bits per heavy atom. The van der Waals surface area contributed by atoms with Gasteiger partial charge in [0.05, 0.1) is 11.4 Å². The largest absolute Gasteiger partial charge is 0.397 e. The van der Waals surface area contributed by atoms with Crippen molar-refractivity contribution in [2.75, 3.05) is 24.2 Å². The van der Waals surface area contributed by atoms with Crippen LogP contribution in [0.25, 0.3) is 0 Å². The van der Waals surface area contributed by atoms with Crippen molar-refractivity contribution in [3.8, 4) is 0 Å². The monoisotopic (exact) mass is 190 g/mol. The quantitative estimate of drug-likeness (QED) is 0.739. The number of anilines is 2. The second-order valence-electron chi connectivity index (χ2n) is 4.21. The summed E-state index contributed by atoms with van der Waals surface area (Å²) in [5, 5.41) is 0. The molecule has 14 heavy (non-hydrogen) atoms. The zero-order valence-corrected chi connectivity index (χ0v) is 8.74. The fourth-order valence-electron chi connectivity index (χ4n) is 1.74. The highest BCUT2D eigenvalue weighted by atomic mass is 15.1. The molecule has 2 heteroatoms. The van der Waals surface area contributed by atoms with E-state index < -0.39 is 0 Å². The van der Waals surface area contributed by atoms with Gasteiger partial charge in [-0.05, 0) is 24.5 Å². The first kappa shape index (κ1) is 9.38. The Morgan fingerprint density at radius 3 is 2.71 bits per heavy atom. The van der Waals surface area contributed by atoms with Gasteiger partial charge in [-0.1, -0.05) is 25.0 Å². The molecule has 0 aromatic heterocycles. The summed E-state index contributed by atoms with van der Waals surface area (Å²) >= 11 is 0. The summed E-state index contributed by atoms with van der Waals surface area (Å²) in [6.07, 6.45) is 4.17. The lowest BCUT2D eigenvalue weighted by molar-refractivity contribution is 0.711. The third-order valence-corrected chi connectivity index (χ3v) is 2.92. The molecule has 0 aliphatic heterocycles. The molecule has 1 aliphatic rings. The first-order valence-corrected chi connectivity index (χ1v) is 5.33. The molecule has 1 aromatic rings. The molecule has 2 nitrogen and oxygen atoms in total. The van der Waals surface area contributed by atoms with E-state index >= 15 is 0 Å². The van der Waals surface area contributed by atoms with Gasteiger partial charge in [0.25, 0.3) is 0 Å². The molecular formula is C12H18N2. The third kappa shape index (κ3) is 2.19. The number of para-hydroxylation sites is 2. The van der Waals surface area contributed by atoms with Gasteiger partial charge < -0.3 is 10.6 Å². The van der Waals surface area contributed by atoms with E-state index in [1.165, 1.54) is 19.3 Å². The van der Waals surface area contributed by atoms with Crippen molar-refractivity contribution in [3.63, 3.8) is 0 Å². The van der Waals surface area contributed by atoms with Gasteiger partial charge in [-0.25, -0.2) is 0 Å². The van der Waals surface area contributed by atoms with Crippen LogP contribution in [0.3, 0.4) is 0 Å². The number of benzene rings is 1. The first-order chi connectivity index (χ1) is 6.77. The molecule has 0 spiro atoms. The van der Waals surface area contributed by atoms with E-state index in [2.05, 4.69) is 18.0 Å². The van der Waals surface area contributed by atoms with Crippen LogP contribution in [-0.2, 0) is 0 Å². The van der Waals surface area contributed by atoms with Crippen LogP contribution in [0, 0.1) is 5.92 Å². The van der Waals surface area contributed by atoms with E-state index in [1.54, 1.807) is 0 Å². The lowest BCUT2D eigenvalue weighted by Crippen LogP contribution is -2.19. The van der Waals surface area contributed by atoms with E-state index in [9.17, 15) is 0 Å². The van der Waals surface area contributed by atoms with E-state index in [-0.39, 0.29) is 0 Å². The summed E-state index contributed by atoms with van der Waals surface area (Å²) in [5.74, 6) is 0.988. The van der Waals surface area contributed by atoms with Crippen molar-refractivity contribution in [2.24, 2.45) is 5.92 Å². The number of hydrogen-bond donors (Lipinski definition) is 1. The van der Waals surface area contributed by atoms with Gasteiger partial charge in [0.2, 0.25) is 0 Å². The van der Waals surface area contributed by atoms with Crippen LogP contribution in [0.1, 0.15) is 19.3 Å². The summed E-state index contributed by atoms with van der Waals surface area (Å²) in [7, 11) is 2.12. The zero-order chi connectivity index (χ0) is 9.97. The van der Waals surface area contributed by atoms with Gasteiger partial charge in [-0.2, -0.15) is 0 Å². The van der Waals surface area contributed by atoms with Crippen molar-refractivity contribution in [2.45, 2.75) is 19.3 Å². The summed E-state index contributed by atoms with van der Waals surface area (Å²) in [6.45, 7) is 1.12. The Hall–Kier alpha value is -1.18. The van der Waals surface area contributed by atoms with Crippen LogP contribution >= 0.6 is 0 Å². The Kier molecular flexibility index (Phi) is 2.62. The maximum atomic E-state index is 5.90. The predicted molar refractivity (Wildman–Crippen MR) is 61.5 cm³/mol. The van der Waals surface area contributed by atoms with Gasteiger partial charge in [0, 0.05) is 13.6 Å². The fraction of sp³-hybridized carbons (Fsp3) is 0.500. The van der Waals surface area contributed by atoms with Crippen molar-refractivity contribution in [1.29, 1.82) is 0 Å². The van der Waals surface area contributed by atoms with Crippen molar-refractivity contribution >= 4 is 11.4 Å². The number of nitrogens with two attached hydrogens (primary N) is 1. The Labute approximate surface area is 85.7 Å². The summed E-state index contributed by atoms with van der Waals surface area (Å²) in [4.78, 5) is 2.26. The lowest BCUT2D eigenvalue weighted by atomic mass is 10.2. The highest BCUT2D eigenvalue weighted by Gasteiger charge is 2.21. The van der Waals surface area contributed by atoms with Crippen LogP contribution in [-0.4, -0.2) is 13.6 Å². The number of nitrogen functional groups attached to an aromatic ring is 1. The van der Waals surface area contributed by atoms with Crippen molar-refractivity contribution in [3.05, 3.63) is 24.3 Å². The van der Waals surface area contributed by atoms with Crippen LogP contribution in [0.4, 0.5) is 11.4 Å². The van der Waals surface area contributed by atoms with Crippen molar-refractivity contribution in [1.82, 2.24) is 0 Å². The van der Waals surface area contributed by atoms with E-state index in [0.29, 0.717) is 0 Å².